The number of rotatable bonds is 6. The van der Waals surface area contributed by atoms with Crippen LogP contribution in [0.3, 0.4) is 0 Å². The van der Waals surface area contributed by atoms with E-state index in [0.29, 0.717) is 37.9 Å². The molecule has 0 aromatic heterocycles. The summed E-state index contributed by atoms with van der Waals surface area (Å²) in [6.45, 7) is 2.49. The number of nitrogens with one attached hydrogen (secondary N) is 1. The first-order chi connectivity index (χ1) is 12.1. The highest BCUT2D eigenvalue weighted by Gasteiger charge is 2.31. The Labute approximate surface area is 151 Å². The predicted octanol–water partition coefficient (Wildman–Crippen LogP) is 2.57. The number of carbonyl (C=O) groups is 1. The lowest BCUT2D eigenvalue weighted by Gasteiger charge is -2.31. The summed E-state index contributed by atoms with van der Waals surface area (Å²) >= 11 is 0. The molecule has 0 radical (unpaired) electrons. The van der Waals surface area contributed by atoms with Gasteiger partial charge in [0.15, 0.2) is 0 Å². The van der Waals surface area contributed by atoms with Gasteiger partial charge in [-0.15, -0.1) is 0 Å². The fraction of sp³-hybridized carbons (Fsp3) is 0.588. The van der Waals surface area contributed by atoms with E-state index in [1.807, 2.05) is 0 Å². The summed E-state index contributed by atoms with van der Waals surface area (Å²) in [5, 5.41) is 2.79. The molecule has 1 aliphatic heterocycles. The molecule has 1 aliphatic rings. The third-order valence-electron chi connectivity index (χ3n) is 4.29. The summed E-state index contributed by atoms with van der Waals surface area (Å²) in [5.41, 5.74) is -0.488. The summed E-state index contributed by atoms with van der Waals surface area (Å²) in [5.74, 6) is -0.251. The second-order valence-corrected chi connectivity index (χ2v) is 8.52. The van der Waals surface area contributed by atoms with Crippen molar-refractivity contribution in [3.63, 3.8) is 0 Å². The van der Waals surface area contributed by atoms with Gasteiger partial charge in [0.25, 0.3) is 0 Å². The highest BCUT2D eigenvalue weighted by atomic mass is 32.2. The van der Waals surface area contributed by atoms with Crippen LogP contribution in [-0.2, 0) is 27.4 Å². The van der Waals surface area contributed by atoms with Crippen LogP contribution in [0.5, 0.6) is 0 Å². The number of halogens is 3. The first-order valence-electron chi connectivity index (χ1n) is 8.55. The number of piperidine rings is 1. The Morgan fingerprint density at radius 2 is 1.92 bits per heavy atom. The van der Waals surface area contributed by atoms with Gasteiger partial charge in [0.2, 0.25) is 15.9 Å². The smallest absolute Gasteiger partial charge is 0.353 e. The molecule has 1 heterocycles. The quantitative estimate of drug-likeness (QED) is 0.809. The number of carbonyl (C=O) groups excluding carboxylic acids is 1. The zero-order valence-corrected chi connectivity index (χ0v) is 15.4. The third kappa shape index (κ3) is 5.70. The molecule has 0 saturated carbocycles. The molecular formula is C17H23F3N2O3S. The van der Waals surface area contributed by atoms with Crippen molar-refractivity contribution >= 4 is 15.9 Å². The van der Waals surface area contributed by atoms with E-state index in [1.54, 1.807) is 6.92 Å². The fourth-order valence-corrected chi connectivity index (χ4v) is 4.53. The van der Waals surface area contributed by atoms with Crippen molar-refractivity contribution in [2.45, 2.75) is 44.8 Å². The second kappa shape index (κ2) is 8.39. The van der Waals surface area contributed by atoms with Crippen LogP contribution in [0.1, 0.15) is 37.3 Å². The summed E-state index contributed by atoms with van der Waals surface area (Å²) in [6.07, 6.45) is -3.04. The van der Waals surface area contributed by atoms with Crippen molar-refractivity contribution in [3.05, 3.63) is 35.4 Å². The Morgan fingerprint density at radius 3 is 2.50 bits per heavy atom. The van der Waals surface area contributed by atoms with E-state index in [9.17, 15) is 26.4 Å². The number of hydrogen-bond acceptors (Lipinski definition) is 3. The maximum absolute atomic E-state index is 12.7. The van der Waals surface area contributed by atoms with Crippen LogP contribution < -0.4 is 5.32 Å². The van der Waals surface area contributed by atoms with Crippen molar-refractivity contribution in [3.8, 4) is 0 Å². The minimum atomic E-state index is -4.44. The third-order valence-corrected chi connectivity index (χ3v) is 6.37. The van der Waals surface area contributed by atoms with E-state index in [4.69, 9.17) is 0 Å². The first-order valence-corrected chi connectivity index (χ1v) is 10.2. The summed E-state index contributed by atoms with van der Waals surface area (Å²) in [6, 6.07) is 4.53. The zero-order valence-electron chi connectivity index (χ0n) is 14.6. The number of alkyl halides is 3. The Kier molecular flexibility index (Phi) is 6.68. The molecule has 1 aromatic rings. The number of hydrogen-bond donors (Lipinski definition) is 1. The lowest BCUT2D eigenvalue weighted by molar-refractivity contribution is -0.137. The van der Waals surface area contributed by atoms with Gasteiger partial charge in [-0.3, -0.25) is 4.79 Å². The van der Waals surface area contributed by atoms with Crippen molar-refractivity contribution in [2.75, 3.05) is 18.8 Å². The van der Waals surface area contributed by atoms with Gasteiger partial charge in [0, 0.05) is 19.1 Å². The number of nitrogens with zero attached hydrogens (tertiary/aromatic N) is 1. The highest BCUT2D eigenvalue weighted by Crippen LogP contribution is 2.29. The average Bonchev–Trinajstić information content (AvgIpc) is 2.54. The molecule has 0 spiro atoms. The minimum absolute atomic E-state index is 0.111. The maximum atomic E-state index is 12.7. The molecule has 0 aliphatic carbocycles. The monoisotopic (exact) mass is 392 g/mol. The Morgan fingerprint density at radius 1 is 1.27 bits per heavy atom. The van der Waals surface area contributed by atoms with E-state index in [-0.39, 0.29) is 24.1 Å². The highest BCUT2D eigenvalue weighted by molar-refractivity contribution is 7.89. The number of amides is 1. The molecule has 0 unspecified atom stereocenters. The van der Waals surface area contributed by atoms with Gasteiger partial charge in [-0.25, -0.2) is 12.7 Å². The largest absolute Gasteiger partial charge is 0.416 e. The Balaban J connectivity index is 1.86. The van der Waals surface area contributed by atoms with Crippen LogP contribution in [0.2, 0.25) is 0 Å². The molecular weight excluding hydrogens is 369 g/mol. The van der Waals surface area contributed by atoms with Gasteiger partial charge < -0.3 is 5.32 Å². The van der Waals surface area contributed by atoms with E-state index in [2.05, 4.69) is 5.32 Å². The SMILES string of the molecule is CCCS(=O)(=O)N1CCC(NC(=O)Cc2cccc(C(F)(F)F)c2)CC1. The molecule has 26 heavy (non-hydrogen) atoms. The van der Waals surface area contributed by atoms with Crippen molar-refractivity contribution < 1.29 is 26.4 Å². The van der Waals surface area contributed by atoms with Gasteiger partial charge in [-0.2, -0.15) is 13.2 Å². The zero-order chi connectivity index (χ0) is 19.4. The van der Waals surface area contributed by atoms with Crippen LogP contribution >= 0.6 is 0 Å². The van der Waals surface area contributed by atoms with Gasteiger partial charge in [0.1, 0.15) is 0 Å². The van der Waals surface area contributed by atoms with E-state index < -0.39 is 21.8 Å². The molecule has 1 fully saturated rings. The Hall–Kier alpha value is -1.61. The molecule has 1 amide bonds. The topological polar surface area (TPSA) is 66.5 Å². The van der Waals surface area contributed by atoms with Crippen molar-refractivity contribution in [1.82, 2.24) is 9.62 Å². The van der Waals surface area contributed by atoms with E-state index in [1.165, 1.54) is 16.4 Å². The fourth-order valence-electron chi connectivity index (χ4n) is 2.99. The summed E-state index contributed by atoms with van der Waals surface area (Å²) in [7, 11) is -3.24. The van der Waals surface area contributed by atoms with Crippen LogP contribution in [0.25, 0.3) is 0 Å². The lowest BCUT2D eigenvalue weighted by Crippen LogP contribution is -2.47. The van der Waals surface area contributed by atoms with Crippen molar-refractivity contribution in [2.24, 2.45) is 0 Å². The predicted molar refractivity (Wildman–Crippen MR) is 92.0 cm³/mol. The number of sulfonamides is 1. The standard InChI is InChI=1S/C17H23F3N2O3S/c1-2-10-26(24,25)22-8-6-15(7-9-22)21-16(23)12-13-4-3-5-14(11-13)17(18,19)20/h3-5,11,15H,2,6-10,12H2,1H3,(H,21,23). The van der Waals surface area contributed by atoms with E-state index >= 15 is 0 Å². The van der Waals surface area contributed by atoms with Gasteiger partial charge in [-0.1, -0.05) is 25.1 Å². The molecule has 146 valence electrons. The van der Waals surface area contributed by atoms with Crippen LogP contribution in [0.4, 0.5) is 13.2 Å². The van der Waals surface area contributed by atoms with Crippen LogP contribution in [0, 0.1) is 0 Å². The molecule has 5 nitrogen and oxygen atoms in total. The van der Waals surface area contributed by atoms with Crippen LogP contribution in [-0.4, -0.2) is 43.5 Å². The summed E-state index contributed by atoms with van der Waals surface area (Å²) < 4.78 is 63.6. The molecule has 9 heteroatoms. The number of benzene rings is 1. The molecule has 2 rings (SSSR count). The Bertz CT molecular complexity index is 727. The minimum Gasteiger partial charge on any atom is -0.353 e. The summed E-state index contributed by atoms with van der Waals surface area (Å²) in [4.78, 5) is 12.1. The van der Waals surface area contributed by atoms with Gasteiger partial charge in [0.05, 0.1) is 17.7 Å². The van der Waals surface area contributed by atoms with E-state index in [0.717, 1.165) is 12.1 Å². The average molecular weight is 392 g/mol. The van der Waals surface area contributed by atoms with Gasteiger partial charge >= 0.3 is 6.18 Å². The molecule has 1 N–H and O–H groups in total. The molecule has 0 bridgehead atoms. The molecule has 1 saturated heterocycles. The van der Waals surface area contributed by atoms with Crippen LogP contribution in [0.15, 0.2) is 24.3 Å². The van der Waals surface area contributed by atoms with Gasteiger partial charge in [-0.05, 0) is 30.9 Å². The molecule has 0 atom stereocenters. The first kappa shape index (κ1) is 20.7. The molecule has 1 aromatic carbocycles. The normalized spacial score (nSPS) is 17.2. The maximum Gasteiger partial charge on any atom is 0.416 e. The van der Waals surface area contributed by atoms with Crippen molar-refractivity contribution in [1.29, 1.82) is 0 Å². The lowest BCUT2D eigenvalue weighted by atomic mass is 10.0. The second-order valence-electron chi connectivity index (χ2n) is 6.43.